The fraction of sp³-hybridized carbons (Fsp3) is 0.464. The van der Waals surface area contributed by atoms with Crippen LogP contribution in [0.1, 0.15) is 50.3 Å². The first kappa shape index (κ1) is 26.0. The lowest BCUT2D eigenvalue weighted by atomic mass is 10.0. The number of aromatic nitrogens is 1. The number of rotatable bonds is 12. The molecule has 0 saturated heterocycles. The zero-order valence-electron chi connectivity index (χ0n) is 21.4. The van der Waals surface area contributed by atoms with Crippen LogP contribution in [0.2, 0.25) is 0 Å². The highest BCUT2D eigenvalue weighted by molar-refractivity contribution is 5.84. The normalized spacial score (nSPS) is 14.6. The van der Waals surface area contributed by atoms with Crippen LogP contribution in [0, 0.1) is 0 Å². The van der Waals surface area contributed by atoms with Gasteiger partial charge in [-0.1, -0.05) is 19.9 Å². The van der Waals surface area contributed by atoms with Crippen LogP contribution in [0.15, 0.2) is 47.3 Å². The van der Waals surface area contributed by atoms with Gasteiger partial charge in [-0.2, -0.15) is 0 Å². The molecule has 1 aliphatic rings. The number of ether oxygens (including phenoxy) is 3. The third kappa shape index (κ3) is 6.00. The summed E-state index contributed by atoms with van der Waals surface area (Å²) in [4.78, 5) is 12.7. The second kappa shape index (κ2) is 12.3. The largest absolute Gasteiger partial charge is 0.497 e. The van der Waals surface area contributed by atoms with Crippen LogP contribution in [0.3, 0.4) is 0 Å². The molecule has 1 aliphatic heterocycles. The lowest BCUT2D eigenvalue weighted by Crippen LogP contribution is -2.34. The number of nitrogens with one attached hydrogen (secondary N) is 2. The van der Waals surface area contributed by atoms with Crippen molar-refractivity contribution in [1.29, 1.82) is 0 Å². The second-order valence-electron chi connectivity index (χ2n) is 9.08. The predicted molar refractivity (Wildman–Crippen MR) is 141 cm³/mol. The molecule has 4 rings (SSSR count). The van der Waals surface area contributed by atoms with Crippen molar-refractivity contribution in [3.63, 3.8) is 0 Å². The molecule has 0 amide bonds. The van der Waals surface area contributed by atoms with Gasteiger partial charge in [-0.05, 0) is 61.2 Å². The minimum Gasteiger partial charge on any atom is -0.497 e. The minimum absolute atomic E-state index is 0.0936. The highest BCUT2D eigenvalue weighted by Crippen LogP contribution is 2.31. The summed E-state index contributed by atoms with van der Waals surface area (Å²) in [7, 11) is 1.59. The number of aliphatic hydroxyl groups excluding tert-OH is 1. The monoisotopic (exact) mass is 495 g/mol. The van der Waals surface area contributed by atoms with E-state index in [0.717, 1.165) is 59.5 Å². The van der Waals surface area contributed by atoms with Crippen LogP contribution in [-0.2, 0) is 13.2 Å². The third-order valence-electron chi connectivity index (χ3n) is 6.73. The summed E-state index contributed by atoms with van der Waals surface area (Å²) >= 11 is 0. The molecule has 0 fully saturated rings. The third-order valence-corrected chi connectivity index (χ3v) is 6.73. The van der Waals surface area contributed by atoms with E-state index in [9.17, 15) is 9.90 Å². The molecule has 2 unspecified atom stereocenters. The summed E-state index contributed by atoms with van der Waals surface area (Å²) in [6, 6.07) is 13.5. The Bertz CT molecular complexity index is 1230. The number of hydrogen-bond donors (Lipinski definition) is 3. The van der Waals surface area contributed by atoms with Crippen molar-refractivity contribution in [1.82, 2.24) is 15.2 Å². The SMILES string of the molecule is CCC(CCNCn1c(=O)ccc2c(C(O)CC)cc(OC)cc21)NCc1ccc2c(c1)OCCO2. The molecule has 0 bridgehead atoms. The Morgan fingerprint density at radius 3 is 2.61 bits per heavy atom. The summed E-state index contributed by atoms with van der Waals surface area (Å²) in [5, 5.41) is 18.4. The molecule has 36 heavy (non-hydrogen) atoms. The minimum atomic E-state index is -0.618. The van der Waals surface area contributed by atoms with E-state index < -0.39 is 6.10 Å². The first-order chi connectivity index (χ1) is 17.5. The van der Waals surface area contributed by atoms with Crippen LogP contribution in [-0.4, -0.2) is 42.6 Å². The molecule has 0 saturated carbocycles. The lowest BCUT2D eigenvalue weighted by molar-refractivity contribution is 0.171. The molecule has 2 atom stereocenters. The van der Waals surface area contributed by atoms with Crippen LogP contribution >= 0.6 is 0 Å². The fourth-order valence-corrected chi connectivity index (χ4v) is 4.56. The molecule has 3 aromatic rings. The number of fused-ring (bicyclic) bond motifs is 2. The maximum absolute atomic E-state index is 12.7. The number of nitrogens with zero attached hydrogens (tertiary/aromatic N) is 1. The summed E-state index contributed by atoms with van der Waals surface area (Å²) in [5.74, 6) is 2.24. The average Bonchev–Trinajstić information content (AvgIpc) is 2.92. The van der Waals surface area contributed by atoms with Crippen molar-refractivity contribution in [2.45, 2.75) is 58.5 Å². The van der Waals surface area contributed by atoms with Crippen molar-refractivity contribution in [2.75, 3.05) is 26.9 Å². The Hall–Kier alpha value is -3.07. The van der Waals surface area contributed by atoms with E-state index in [1.54, 1.807) is 23.8 Å². The number of benzene rings is 2. The molecule has 0 aliphatic carbocycles. The quantitative estimate of drug-likeness (QED) is 0.330. The van der Waals surface area contributed by atoms with Crippen LogP contribution in [0.4, 0.5) is 0 Å². The van der Waals surface area contributed by atoms with Gasteiger partial charge in [0.1, 0.15) is 19.0 Å². The molecule has 3 N–H and O–H groups in total. The van der Waals surface area contributed by atoms with Crippen molar-refractivity contribution in [2.24, 2.45) is 0 Å². The molecule has 8 heteroatoms. The van der Waals surface area contributed by atoms with E-state index in [1.807, 2.05) is 31.2 Å². The van der Waals surface area contributed by atoms with Gasteiger partial charge >= 0.3 is 0 Å². The van der Waals surface area contributed by atoms with Gasteiger partial charge in [-0.3, -0.25) is 14.7 Å². The zero-order valence-corrected chi connectivity index (χ0v) is 21.4. The van der Waals surface area contributed by atoms with E-state index in [4.69, 9.17) is 14.2 Å². The maximum Gasteiger partial charge on any atom is 0.252 e. The lowest BCUT2D eigenvalue weighted by Gasteiger charge is -2.21. The zero-order chi connectivity index (χ0) is 25.5. The molecular formula is C28H37N3O5. The van der Waals surface area contributed by atoms with E-state index in [-0.39, 0.29) is 5.56 Å². The fourth-order valence-electron chi connectivity index (χ4n) is 4.56. The van der Waals surface area contributed by atoms with Crippen LogP contribution in [0.25, 0.3) is 10.9 Å². The molecule has 194 valence electrons. The van der Waals surface area contributed by atoms with Gasteiger partial charge in [-0.25, -0.2) is 0 Å². The molecule has 0 spiro atoms. The average molecular weight is 496 g/mol. The standard InChI is InChI=1S/C28H37N3O5/c1-4-20(30-17-19-6-8-26-27(14-19)36-13-12-35-26)10-11-29-18-31-24-16-21(34-3)15-23(25(32)5-2)22(24)7-9-28(31)33/h6-9,14-16,20,25,29-30,32H,4-5,10-13,17-18H2,1-3H3. The van der Waals surface area contributed by atoms with Crippen molar-refractivity contribution in [3.8, 4) is 17.2 Å². The molecule has 0 radical (unpaired) electrons. The van der Waals surface area contributed by atoms with Crippen LogP contribution in [0.5, 0.6) is 17.2 Å². The second-order valence-corrected chi connectivity index (χ2v) is 9.08. The number of methoxy groups -OCH3 is 1. The Morgan fingerprint density at radius 1 is 1.06 bits per heavy atom. The molecule has 1 aromatic heterocycles. The van der Waals surface area contributed by atoms with Gasteiger partial charge < -0.3 is 24.6 Å². The van der Waals surface area contributed by atoms with Crippen molar-refractivity contribution in [3.05, 3.63) is 63.9 Å². The van der Waals surface area contributed by atoms with Gasteiger partial charge in [0.25, 0.3) is 5.56 Å². The predicted octanol–water partition coefficient (Wildman–Crippen LogP) is 3.73. The first-order valence-corrected chi connectivity index (χ1v) is 12.8. The van der Waals surface area contributed by atoms with E-state index in [1.165, 1.54) is 0 Å². The number of pyridine rings is 1. The number of hydrogen-bond acceptors (Lipinski definition) is 7. The Labute approximate surface area is 212 Å². The summed E-state index contributed by atoms with van der Waals surface area (Å²) < 4.78 is 18.4. The Morgan fingerprint density at radius 2 is 1.86 bits per heavy atom. The summed E-state index contributed by atoms with van der Waals surface area (Å²) in [6.07, 6.45) is 1.88. The van der Waals surface area contributed by atoms with Gasteiger partial charge in [0.2, 0.25) is 0 Å². The summed E-state index contributed by atoms with van der Waals surface area (Å²) in [5.41, 5.74) is 2.59. The van der Waals surface area contributed by atoms with Crippen molar-refractivity contribution >= 4 is 10.9 Å². The number of aliphatic hydroxyl groups is 1. The molecule has 8 nitrogen and oxygen atoms in total. The van der Waals surface area contributed by atoms with E-state index in [0.29, 0.717) is 38.1 Å². The maximum atomic E-state index is 12.7. The van der Waals surface area contributed by atoms with Gasteiger partial charge in [0.05, 0.1) is 25.4 Å². The van der Waals surface area contributed by atoms with E-state index in [2.05, 4.69) is 23.6 Å². The molecule has 2 heterocycles. The highest BCUT2D eigenvalue weighted by Gasteiger charge is 2.15. The molecule has 2 aromatic carbocycles. The van der Waals surface area contributed by atoms with E-state index >= 15 is 0 Å². The summed E-state index contributed by atoms with van der Waals surface area (Å²) in [6.45, 7) is 7.16. The van der Waals surface area contributed by atoms with Gasteiger partial charge in [-0.15, -0.1) is 0 Å². The Balaban J connectivity index is 1.37. The van der Waals surface area contributed by atoms with Gasteiger partial charge in [0, 0.05) is 30.1 Å². The Kier molecular flexibility index (Phi) is 8.85. The van der Waals surface area contributed by atoms with Gasteiger partial charge in [0.15, 0.2) is 11.5 Å². The smallest absolute Gasteiger partial charge is 0.252 e. The topological polar surface area (TPSA) is 94.0 Å². The van der Waals surface area contributed by atoms with Crippen LogP contribution < -0.4 is 30.4 Å². The highest BCUT2D eigenvalue weighted by atomic mass is 16.6. The molecular weight excluding hydrogens is 458 g/mol. The van der Waals surface area contributed by atoms with Crippen molar-refractivity contribution < 1.29 is 19.3 Å². The first-order valence-electron chi connectivity index (χ1n) is 12.8.